The molecule has 1 N–H and O–H groups in total. The van der Waals surface area contributed by atoms with Crippen LogP contribution in [-0.2, 0) is 33.8 Å². The molecule has 3 atom stereocenters. The fourth-order valence-electron chi connectivity index (χ4n) is 6.14. The van der Waals surface area contributed by atoms with E-state index in [1.165, 1.54) is 18.2 Å². The average molecular weight is 614 g/mol. The van der Waals surface area contributed by atoms with E-state index in [0.29, 0.717) is 63.0 Å². The van der Waals surface area contributed by atoms with Gasteiger partial charge in [0.2, 0.25) is 17.7 Å². The van der Waals surface area contributed by atoms with E-state index >= 15 is 0 Å². The van der Waals surface area contributed by atoms with Gasteiger partial charge in [0.15, 0.2) is 5.82 Å². The number of nitrogens with one attached hydrogen (secondary N) is 1. The lowest BCUT2D eigenvalue weighted by molar-refractivity contribution is -0.274. The number of carbonyl (C=O) groups excluding carboxylic acids is 2. The van der Waals surface area contributed by atoms with Crippen molar-refractivity contribution in [3.8, 4) is 16.9 Å². The van der Waals surface area contributed by atoms with E-state index in [1.807, 2.05) is 24.0 Å². The van der Waals surface area contributed by atoms with Crippen molar-refractivity contribution in [2.24, 2.45) is 5.92 Å². The molecule has 1 unspecified atom stereocenters. The number of hydrogen-bond donors (Lipinski definition) is 1. The van der Waals surface area contributed by atoms with Crippen LogP contribution in [0.25, 0.3) is 11.1 Å². The average Bonchev–Trinajstić information content (AvgIpc) is 3.67. The highest BCUT2D eigenvalue weighted by Gasteiger charge is 2.47. The molecule has 1 saturated carbocycles. The van der Waals surface area contributed by atoms with Gasteiger partial charge in [0.1, 0.15) is 5.75 Å². The molecule has 1 saturated heterocycles. The number of amides is 2. The van der Waals surface area contributed by atoms with Crippen LogP contribution in [0.3, 0.4) is 0 Å². The molecular formula is C31H34F3N5O5. The Kier molecular flexibility index (Phi) is 8.34. The second kappa shape index (κ2) is 12.2. The van der Waals surface area contributed by atoms with Gasteiger partial charge in [-0.3, -0.25) is 14.5 Å². The van der Waals surface area contributed by atoms with E-state index in [1.54, 1.807) is 13.0 Å². The molecule has 1 aromatic heterocycles. The number of nitrogens with zero attached hydrogens (tertiary/aromatic N) is 4. The number of halogens is 3. The summed E-state index contributed by atoms with van der Waals surface area (Å²) < 4.78 is 53.7. The van der Waals surface area contributed by atoms with Crippen molar-refractivity contribution in [3.05, 3.63) is 64.8 Å². The summed E-state index contributed by atoms with van der Waals surface area (Å²) in [7, 11) is 0. The predicted octanol–water partition coefficient (Wildman–Crippen LogP) is 3.97. The summed E-state index contributed by atoms with van der Waals surface area (Å²) >= 11 is 0. The molecule has 6 rings (SSSR count). The normalized spacial score (nSPS) is 21.9. The number of carbonyl (C=O) groups is 2. The van der Waals surface area contributed by atoms with Gasteiger partial charge in [-0.2, -0.15) is 4.98 Å². The highest BCUT2D eigenvalue weighted by Crippen LogP contribution is 2.47. The number of morpholine rings is 1. The molecule has 0 spiro atoms. The monoisotopic (exact) mass is 613 g/mol. The lowest BCUT2D eigenvalue weighted by Gasteiger charge is -2.36. The van der Waals surface area contributed by atoms with Crippen molar-refractivity contribution in [1.82, 2.24) is 25.3 Å². The van der Waals surface area contributed by atoms with E-state index in [4.69, 9.17) is 9.26 Å². The van der Waals surface area contributed by atoms with Crippen molar-refractivity contribution >= 4 is 11.8 Å². The minimum atomic E-state index is -4.80. The number of fused-ring (bicyclic) bond motifs is 1. The third-order valence-corrected chi connectivity index (χ3v) is 8.45. The third kappa shape index (κ3) is 6.73. The second-order valence-electron chi connectivity index (χ2n) is 11.6. The summed E-state index contributed by atoms with van der Waals surface area (Å²) in [5.41, 5.74) is 4.22. The largest absolute Gasteiger partial charge is 0.573 e. The molecule has 3 heterocycles. The topological polar surface area (TPSA) is 110 Å². The summed E-state index contributed by atoms with van der Waals surface area (Å²) in [4.78, 5) is 34.4. The Labute approximate surface area is 252 Å². The number of aryl methyl sites for hydroxylation is 1. The summed E-state index contributed by atoms with van der Waals surface area (Å²) in [5.74, 6) is 0.287. The molecule has 2 amide bonds. The Bertz CT molecular complexity index is 1540. The first-order chi connectivity index (χ1) is 21.1. The predicted molar refractivity (Wildman–Crippen MR) is 151 cm³/mol. The fourth-order valence-corrected chi connectivity index (χ4v) is 6.14. The van der Waals surface area contributed by atoms with Crippen LogP contribution in [0.5, 0.6) is 5.75 Å². The molecule has 1 aliphatic carbocycles. The van der Waals surface area contributed by atoms with E-state index in [9.17, 15) is 22.8 Å². The van der Waals surface area contributed by atoms with Crippen LogP contribution < -0.4 is 10.1 Å². The Morgan fingerprint density at radius 1 is 1.16 bits per heavy atom. The van der Waals surface area contributed by atoms with Gasteiger partial charge >= 0.3 is 6.36 Å². The van der Waals surface area contributed by atoms with Crippen LogP contribution in [-0.4, -0.2) is 77.0 Å². The van der Waals surface area contributed by atoms with Crippen molar-refractivity contribution in [3.63, 3.8) is 0 Å². The first-order valence-corrected chi connectivity index (χ1v) is 14.7. The van der Waals surface area contributed by atoms with Crippen molar-refractivity contribution in [1.29, 1.82) is 0 Å². The fraction of sp³-hybridized carbons (Fsp3) is 0.484. The van der Waals surface area contributed by atoms with Crippen LogP contribution in [0.15, 0.2) is 40.9 Å². The molecule has 3 aromatic rings. The van der Waals surface area contributed by atoms with Gasteiger partial charge in [-0.05, 0) is 66.6 Å². The maximum Gasteiger partial charge on any atom is 0.573 e. The number of aromatic nitrogens is 2. The lowest BCUT2D eigenvalue weighted by atomic mass is 9.87. The zero-order valence-corrected chi connectivity index (χ0v) is 24.5. The number of rotatable bonds is 8. The Morgan fingerprint density at radius 3 is 2.75 bits per heavy atom. The lowest BCUT2D eigenvalue weighted by Crippen LogP contribution is -2.51. The Morgan fingerprint density at radius 2 is 2.00 bits per heavy atom. The summed E-state index contributed by atoms with van der Waals surface area (Å²) in [6, 6.07) is 9.71. The van der Waals surface area contributed by atoms with Crippen LogP contribution in [0.2, 0.25) is 0 Å². The molecule has 2 aliphatic heterocycles. The minimum absolute atomic E-state index is 0.000722. The molecule has 0 bridgehead atoms. The van der Waals surface area contributed by atoms with Gasteiger partial charge in [0.25, 0.3) is 0 Å². The molecule has 234 valence electrons. The molecule has 13 heteroatoms. The molecule has 44 heavy (non-hydrogen) atoms. The van der Waals surface area contributed by atoms with Gasteiger partial charge in [0, 0.05) is 26.2 Å². The zero-order valence-electron chi connectivity index (χ0n) is 24.5. The van der Waals surface area contributed by atoms with E-state index in [-0.39, 0.29) is 48.5 Å². The zero-order chi connectivity index (χ0) is 31.0. The maximum atomic E-state index is 13.2. The molecule has 10 nitrogen and oxygen atoms in total. The minimum Gasteiger partial charge on any atom is -0.406 e. The summed E-state index contributed by atoms with van der Waals surface area (Å²) in [5, 5.41) is 6.86. The van der Waals surface area contributed by atoms with Crippen molar-refractivity contribution in [2.45, 2.75) is 58.1 Å². The van der Waals surface area contributed by atoms with Gasteiger partial charge in [-0.1, -0.05) is 29.4 Å². The smallest absolute Gasteiger partial charge is 0.406 e. The Balaban J connectivity index is 1.23. The van der Waals surface area contributed by atoms with Crippen LogP contribution in [0, 0.1) is 12.8 Å². The highest BCUT2D eigenvalue weighted by molar-refractivity contribution is 5.82. The number of alkyl halides is 3. The number of hydrogen-bond acceptors (Lipinski definition) is 8. The number of benzene rings is 2. The molecule has 2 aromatic carbocycles. The van der Waals surface area contributed by atoms with E-state index in [0.717, 1.165) is 22.3 Å². The first kappa shape index (κ1) is 30.1. The van der Waals surface area contributed by atoms with E-state index in [2.05, 4.69) is 25.1 Å². The number of ether oxygens (including phenoxy) is 2. The van der Waals surface area contributed by atoms with Crippen molar-refractivity contribution < 1.29 is 36.8 Å². The summed E-state index contributed by atoms with van der Waals surface area (Å²) in [6.45, 7) is 6.84. The second-order valence-corrected chi connectivity index (χ2v) is 11.6. The SMILES string of the molecule is Cc1noc([C@@H]2CC2C(=O)NCc2ccc(-c3cccc(OC(F)(F)F)c3)c3c2CN(CC(=O)N2CCOC[C@H]2C)CC3)n1. The third-order valence-electron chi connectivity index (χ3n) is 8.45. The van der Waals surface area contributed by atoms with Crippen LogP contribution in [0.1, 0.15) is 47.7 Å². The van der Waals surface area contributed by atoms with E-state index < -0.39 is 6.36 Å². The molecule has 2 fully saturated rings. The molecular weight excluding hydrogens is 579 g/mol. The quantitative estimate of drug-likeness (QED) is 0.407. The molecule has 0 radical (unpaired) electrons. The van der Waals surface area contributed by atoms with Gasteiger partial charge in [-0.15, -0.1) is 13.2 Å². The van der Waals surface area contributed by atoms with Crippen molar-refractivity contribution in [2.75, 3.05) is 32.8 Å². The first-order valence-electron chi connectivity index (χ1n) is 14.7. The summed E-state index contributed by atoms with van der Waals surface area (Å²) in [6.07, 6.45) is -3.57. The standard InChI is InChI=1S/C31H34F3N5O5/c1-18-17-42-11-10-39(18)28(40)16-38-9-8-24-23(20-4-3-5-22(12-20)43-31(32,33)34)7-6-21(27(24)15-38)14-35-29(41)25-13-26(25)30-36-19(2)37-44-30/h3-7,12,18,25-26H,8-11,13-17H2,1-2H3,(H,35,41)/t18-,25?,26-/m1/s1. The van der Waals surface area contributed by atoms with Gasteiger partial charge in [0.05, 0.1) is 37.6 Å². The molecule has 3 aliphatic rings. The van der Waals surface area contributed by atoms with Crippen LogP contribution >= 0.6 is 0 Å². The van der Waals surface area contributed by atoms with Gasteiger partial charge in [-0.25, -0.2) is 0 Å². The highest BCUT2D eigenvalue weighted by atomic mass is 19.4. The van der Waals surface area contributed by atoms with Crippen LogP contribution in [0.4, 0.5) is 13.2 Å². The van der Waals surface area contributed by atoms with Gasteiger partial charge < -0.3 is 24.2 Å². The maximum absolute atomic E-state index is 13.2. The Hall–Kier alpha value is -3.97.